The van der Waals surface area contributed by atoms with Crippen molar-refractivity contribution >= 4 is 23.4 Å². The van der Waals surface area contributed by atoms with E-state index in [1.165, 1.54) is 29.1 Å². The predicted molar refractivity (Wildman–Crippen MR) is 87.1 cm³/mol. The molecule has 28 heavy (non-hydrogen) atoms. The number of aromatic nitrogens is 6. The monoisotopic (exact) mass is 414 g/mol. The zero-order chi connectivity index (χ0) is 20.5. The Morgan fingerprint density at radius 2 is 2.07 bits per heavy atom. The first kappa shape index (κ1) is 19.5. The van der Waals surface area contributed by atoms with Gasteiger partial charge in [0.15, 0.2) is 11.6 Å². The van der Waals surface area contributed by atoms with E-state index in [9.17, 15) is 22.8 Å². The van der Waals surface area contributed by atoms with E-state index in [-0.39, 0.29) is 22.1 Å². The highest BCUT2D eigenvalue weighted by Gasteiger charge is 2.37. The molecule has 0 aliphatic heterocycles. The molecule has 0 saturated carbocycles. The molecular weight excluding hydrogens is 405 g/mol. The second-order valence-corrected chi connectivity index (χ2v) is 5.76. The number of alkyl halides is 3. The van der Waals surface area contributed by atoms with E-state index in [0.717, 1.165) is 7.11 Å². The van der Waals surface area contributed by atoms with Gasteiger partial charge in [-0.15, -0.1) is 10.2 Å². The van der Waals surface area contributed by atoms with Gasteiger partial charge < -0.3 is 4.74 Å². The minimum Gasteiger partial charge on any atom is -0.464 e. The van der Waals surface area contributed by atoms with Crippen LogP contribution in [0, 0.1) is 0 Å². The Bertz CT molecular complexity index is 1050. The third kappa shape index (κ3) is 3.86. The van der Waals surface area contributed by atoms with Gasteiger partial charge in [0.25, 0.3) is 5.82 Å². The molecule has 0 spiro atoms. The average molecular weight is 415 g/mol. The van der Waals surface area contributed by atoms with Crippen LogP contribution in [0.25, 0.3) is 5.82 Å². The molecule has 0 radical (unpaired) electrons. The van der Waals surface area contributed by atoms with Crippen molar-refractivity contribution in [3.63, 3.8) is 0 Å². The average Bonchev–Trinajstić information content (AvgIpc) is 3.28. The van der Waals surface area contributed by atoms with Crippen molar-refractivity contribution in [3.05, 3.63) is 52.7 Å². The molecular formula is C15H10ClF3N6O3. The first-order valence-electron chi connectivity index (χ1n) is 7.50. The standard InChI is InChI=1S/C15H10ClF3N6O3/c1-28-13(27)10-5-8(6-24(10)12-9(16)3-2-4-20-12)11(26)7-25-22-14(21-23-25)15(17,18)19/h2-6H,7H2,1H3. The molecule has 13 heteroatoms. The minimum atomic E-state index is -4.78. The van der Waals surface area contributed by atoms with Gasteiger partial charge in [0.05, 0.1) is 12.1 Å². The molecule has 0 amide bonds. The Labute approximate surface area is 159 Å². The van der Waals surface area contributed by atoms with Gasteiger partial charge in [-0.1, -0.05) is 11.6 Å². The van der Waals surface area contributed by atoms with Crippen LogP contribution in [-0.2, 0) is 17.5 Å². The lowest BCUT2D eigenvalue weighted by molar-refractivity contribution is -0.145. The number of Topliss-reactive ketones (excluding diaryl/α,β-unsaturated/α-hetero) is 1. The molecule has 3 aromatic heterocycles. The molecule has 3 heterocycles. The summed E-state index contributed by atoms with van der Waals surface area (Å²) in [6, 6.07) is 4.32. The number of ketones is 1. The SMILES string of the molecule is COC(=O)c1cc(C(=O)Cn2nnc(C(F)(F)F)n2)cn1-c1ncccc1Cl. The molecule has 0 aromatic carbocycles. The molecule has 3 aromatic rings. The molecule has 0 bridgehead atoms. The van der Waals surface area contributed by atoms with Gasteiger partial charge in [-0.05, 0) is 23.4 Å². The molecule has 0 aliphatic carbocycles. The largest absolute Gasteiger partial charge is 0.464 e. The molecule has 146 valence electrons. The third-order valence-corrected chi connectivity index (χ3v) is 3.79. The van der Waals surface area contributed by atoms with E-state index in [4.69, 9.17) is 11.6 Å². The fourth-order valence-electron chi connectivity index (χ4n) is 2.25. The first-order valence-corrected chi connectivity index (χ1v) is 7.88. The molecule has 3 rings (SSSR count). The number of rotatable bonds is 5. The van der Waals surface area contributed by atoms with E-state index >= 15 is 0 Å². The Morgan fingerprint density at radius 1 is 1.32 bits per heavy atom. The number of carbonyl (C=O) groups excluding carboxylic acids is 2. The zero-order valence-corrected chi connectivity index (χ0v) is 14.8. The molecule has 0 atom stereocenters. The summed E-state index contributed by atoms with van der Waals surface area (Å²) in [5, 5.41) is 9.38. The summed E-state index contributed by atoms with van der Waals surface area (Å²) in [6.45, 7) is -0.621. The van der Waals surface area contributed by atoms with Crippen LogP contribution in [0.5, 0.6) is 0 Å². The van der Waals surface area contributed by atoms with Gasteiger partial charge in [0.2, 0.25) is 0 Å². The maximum absolute atomic E-state index is 12.5. The van der Waals surface area contributed by atoms with Crippen LogP contribution >= 0.6 is 11.6 Å². The van der Waals surface area contributed by atoms with Gasteiger partial charge in [-0.25, -0.2) is 9.78 Å². The maximum atomic E-state index is 12.5. The fraction of sp³-hybridized carbons (Fsp3) is 0.200. The van der Waals surface area contributed by atoms with E-state index < -0.39 is 30.3 Å². The van der Waals surface area contributed by atoms with Crippen LogP contribution < -0.4 is 0 Å². The second kappa shape index (κ2) is 7.38. The first-order chi connectivity index (χ1) is 13.2. The molecule has 0 aliphatic rings. The summed E-state index contributed by atoms with van der Waals surface area (Å²) in [4.78, 5) is 29.0. The molecule has 0 fully saturated rings. The van der Waals surface area contributed by atoms with Crippen molar-refractivity contribution in [1.29, 1.82) is 0 Å². The number of carbonyl (C=O) groups is 2. The van der Waals surface area contributed by atoms with Crippen molar-refractivity contribution in [2.75, 3.05) is 7.11 Å². The Balaban J connectivity index is 1.94. The summed E-state index contributed by atoms with van der Waals surface area (Å²) >= 11 is 6.08. The summed E-state index contributed by atoms with van der Waals surface area (Å²) in [5.41, 5.74) is -0.0537. The van der Waals surface area contributed by atoms with E-state index in [0.29, 0.717) is 4.80 Å². The topological polar surface area (TPSA) is 105 Å². The second-order valence-electron chi connectivity index (χ2n) is 5.35. The van der Waals surface area contributed by atoms with Gasteiger partial charge in [0.1, 0.15) is 12.2 Å². The normalized spacial score (nSPS) is 11.5. The van der Waals surface area contributed by atoms with E-state index in [1.54, 1.807) is 6.07 Å². The van der Waals surface area contributed by atoms with E-state index in [2.05, 4.69) is 25.1 Å². The Hall–Kier alpha value is -3.28. The van der Waals surface area contributed by atoms with Crippen LogP contribution in [0.1, 0.15) is 26.7 Å². The summed E-state index contributed by atoms with van der Waals surface area (Å²) in [5.74, 6) is -2.73. The molecule has 0 saturated heterocycles. The molecule has 0 unspecified atom stereocenters. The van der Waals surface area contributed by atoms with Crippen molar-refractivity contribution in [3.8, 4) is 5.82 Å². The van der Waals surface area contributed by atoms with E-state index in [1.807, 2.05) is 0 Å². The Morgan fingerprint density at radius 3 is 2.68 bits per heavy atom. The number of methoxy groups -OCH3 is 1. The van der Waals surface area contributed by atoms with Gasteiger partial charge in [-0.3, -0.25) is 9.36 Å². The number of halogens is 4. The number of pyridine rings is 1. The smallest absolute Gasteiger partial charge is 0.455 e. The highest BCUT2D eigenvalue weighted by atomic mass is 35.5. The minimum absolute atomic E-state index is 0.00650. The predicted octanol–water partition coefficient (Wildman–Crippen LogP) is 2.20. The Kier molecular flexibility index (Phi) is 5.14. The zero-order valence-electron chi connectivity index (χ0n) is 14.0. The number of esters is 1. The summed E-state index contributed by atoms with van der Waals surface area (Å²) < 4.78 is 43.5. The van der Waals surface area contributed by atoms with Gasteiger partial charge in [0, 0.05) is 18.0 Å². The number of hydrogen-bond donors (Lipinski definition) is 0. The molecule has 0 N–H and O–H groups in total. The third-order valence-electron chi connectivity index (χ3n) is 3.50. The maximum Gasteiger partial charge on any atom is 0.455 e. The van der Waals surface area contributed by atoms with Crippen molar-refractivity contribution in [2.24, 2.45) is 0 Å². The summed E-state index contributed by atoms with van der Waals surface area (Å²) in [7, 11) is 1.15. The van der Waals surface area contributed by atoms with Crippen molar-refractivity contribution < 1.29 is 27.5 Å². The number of tetrazole rings is 1. The van der Waals surface area contributed by atoms with Crippen LogP contribution in [0.3, 0.4) is 0 Å². The summed E-state index contributed by atoms with van der Waals surface area (Å²) in [6.07, 6.45) is -2.08. The van der Waals surface area contributed by atoms with Gasteiger partial charge in [-0.2, -0.15) is 18.0 Å². The lowest BCUT2D eigenvalue weighted by atomic mass is 10.2. The fourth-order valence-corrected chi connectivity index (χ4v) is 2.46. The number of hydrogen-bond acceptors (Lipinski definition) is 7. The lowest BCUT2D eigenvalue weighted by Gasteiger charge is -2.07. The van der Waals surface area contributed by atoms with Crippen LogP contribution in [0.4, 0.5) is 13.2 Å². The number of nitrogens with zero attached hydrogens (tertiary/aromatic N) is 6. The van der Waals surface area contributed by atoms with Crippen LogP contribution in [-0.4, -0.2) is 48.6 Å². The quantitative estimate of drug-likeness (QED) is 0.465. The molecule has 9 nitrogen and oxygen atoms in total. The highest BCUT2D eigenvalue weighted by molar-refractivity contribution is 6.32. The number of ether oxygens (including phenoxy) is 1. The highest BCUT2D eigenvalue weighted by Crippen LogP contribution is 2.25. The van der Waals surface area contributed by atoms with Crippen molar-refractivity contribution in [1.82, 2.24) is 29.8 Å². The van der Waals surface area contributed by atoms with Gasteiger partial charge >= 0.3 is 12.1 Å². The van der Waals surface area contributed by atoms with Crippen LogP contribution in [0.2, 0.25) is 5.02 Å². The lowest BCUT2D eigenvalue weighted by Crippen LogP contribution is -2.14. The van der Waals surface area contributed by atoms with Crippen molar-refractivity contribution in [2.45, 2.75) is 12.7 Å². The van der Waals surface area contributed by atoms with Crippen LogP contribution in [0.15, 0.2) is 30.6 Å².